The van der Waals surface area contributed by atoms with Crippen molar-refractivity contribution in [2.24, 2.45) is 0 Å². The Hall–Kier alpha value is -2.46. The van der Waals surface area contributed by atoms with Gasteiger partial charge >= 0.3 is 5.69 Å². The number of hydrogen-bond donors (Lipinski definition) is 3. The van der Waals surface area contributed by atoms with Gasteiger partial charge in [-0.3, -0.25) is 24.7 Å². The van der Waals surface area contributed by atoms with E-state index in [0.717, 1.165) is 24.2 Å². The zero-order valence-electron chi connectivity index (χ0n) is 12.1. The number of carbonyl (C=O) groups excluding carboxylic acids is 1. The van der Waals surface area contributed by atoms with Crippen molar-refractivity contribution in [1.29, 1.82) is 0 Å². The van der Waals surface area contributed by atoms with Crippen LogP contribution in [0.25, 0.3) is 0 Å². The Morgan fingerprint density at radius 1 is 1.52 bits per heavy atom. The van der Waals surface area contributed by atoms with Crippen LogP contribution in [0.4, 0.5) is 5.69 Å². The Morgan fingerprint density at radius 2 is 2.35 bits per heavy atom. The van der Waals surface area contributed by atoms with Gasteiger partial charge in [-0.1, -0.05) is 0 Å². The largest absolute Gasteiger partial charge is 0.349 e. The number of nitrogens with one attached hydrogen (secondary N) is 3. The van der Waals surface area contributed by atoms with Gasteiger partial charge in [-0.15, -0.1) is 12.4 Å². The standard InChI is InChI=1S/C12H15N7O3.ClH/c20-12(11-9-6-13-2-1-10(9)16-17-11)14-3-4-18-7-8(5-15-18)19(21)22;/h5,7,13H,1-4,6H2,(H,14,20)(H,16,17);1H. The fraction of sp³-hybridized carbons (Fsp3) is 0.417. The Balaban J connectivity index is 0.00000192. The van der Waals surface area contributed by atoms with Crippen molar-refractivity contribution in [3.8, 4) is 0 Å². The second kappa shape index (κ2) is 7.20. The molecule has 0 unspecified atom stereocenters. The molecule has 0 saturated carbocycles. The highest BCUT2D eigenvalue weighted by Crippen LogP contribution is 2.15. The first-order valence-electron chi connectivity index (χ1n) is 6.87. The number of halogens is 1. The average Bonchev–Trinajstić information content (AvgIpc) is 3.13. The maximum atomic E-state index is 12.1. The first kappa shape index (κ1) is 16.9. The first-order valence-corrected chi connectivity index (χ1v) is 6.87. The van der Waals surface area contributed by atoms with Gasteiger partial charge < -0.3 is 10.6 Å². The van der Waals surface area contributed by atoms with E-state index in [0.29, 0.717) is 25.3 Å². The minimum Gasteiger partial charge on any atom is -0.349 e. The molecule has 0 radical (unpaired) electrons. The van der Waals surface area contributed by atoms with Crippen molar-refractivity contribution >= 4 is 24.0 Å². The number of aromatic nitrogens is 4. The molecule has 0 bridgehead atoms. The fourth-order valence-corrected chi connectivity index (χ4v) is 2.35. The minimum absolute atomic E-state index is 0. The summed E-state index contributed by atoms with van der Waals surface area (Å²) in [6.07, 6.45) is 3.33. The average molecular weight is 342 g/mol. The van der Waals surface area contributed by atoms with E-state index < -0.39 is 4.92 Å². The number of nitrogens with zero attached hydrogens (tertiary/aromatic N) is 4. The Labute approximate surface area is 137 Å². The summed E-state index contributed by atoms with van der Waals surface area (Å²) in [6, 6.07) is 0. The van der Waals surface area contributed by atoms with Gasteiger partial charge in [0.15, 0.2) is 5.69 Å². The molecule has 1 aliphatic heterocycles. The van der Waals surface area contributed by atoms with Crippen LogP contribution in [0.2, 0.25) is 0 Å². The lowest BCUT2D eigenvalue weighted by molar-refractivity contribution is -0.385. The topological polar surface area (TPSA) is 131 Å². The number of amides is 1. The number of aromatic amines is 1. The van der Waals surface area contributed by atoms with Gasteiger partial charge in [0, 0.05) is 37.3 Å². The van der Waals surface area contributed by atoms with Crippen molar-refractivity contribution in [3.05, 3.63) is 39.5 Å². The Morgan fingerprint density at radius 3 is 3.09 bits per heavy atom. The summed E-state index contributed by atoms with van der Waals surface area (Å²) < 4.78 is 1.42. The second-order valence-corrected chi connectivity index (χ2v) is 4.93. The molecule has 3 N–H and O–H groups in total. The molecule has 1 aliphatic rings. The highest BCUT2D eigenvalue weighted by Gasteiger charge is 2.21. The third-order valence-electron chi connectivity index (χ3n) is 3.48. The normalized spacial score (nSPS) is 13.0. The molecule has 11 heteroatoms. The van der Waals surface area contributed by atoms with Crippen molar-refractivity contribution in [1.82, 2.24) is 30.6 Å². The number of fused-ring (bicyclic) bond motifs is 1. The highest BCUT2D eigenvalue weighted by atomic mass is 35.5. The zero-order chi connectivity index (χ0) is 15.5. The monoisotopic (exact) mass is 341 g/mol. The predicted molar refractivity (Wildman–Crippen MR) is 82.5 cm³/mol. The third kappa shape index (κ3) is 3.66. The molecule has 23 heavy (non-hydrogen) atoms. The summed E-state index contributed by atoms with van der Waals surface area (Å²) >= 11 is 0. The lowest BCUT2D eigenvalue weighted by Crippen LogP contribution is -2.30. The molecule has 0 aromatic carbocycles. The number of H-pyrrole nitrogens is 1. The van der Waals surface area contributed by atoms with Crippen molar-refractivity contribution in [2.75, 3.05) is 13.1 Å². The van der Waals surface area contributed by atoms with Gasteiger partial charge in [-0.2, -0.15) is 10.2 Å². The van der Waals surface area contributed by atoms with Crippen LogP contribution in [-0.2, 0) is 19.5 Å². The Bertz CT molecular complexity index is 711. The summed E-state index contributed by atoms with van der Waals surface area (Å²) in [5, 5.41) is 27.3. The van der Waals surface area contributed by atoms with E-state index in [1.807, 2.05) is 0 Å². The molecule has 10 nitrogen and oxygen atoms in total. The van der Waals surface area contributed by atoms with Crippen molar-refractivity contribution in [3.63, 3.8) is 0 Å². The van der Waals surface area contributed by atoms with Gasteiger partial charge in [-0.25, -0.2) is 0 Å². The van der Waals surface area contributed by atoms with Crippen LogP contribution in [0.3, 0.4) is 0 Å². The fourth-order valence-electron chi connectivity index (χ4n) is 2.35. The van der Waals surface area contributed by atoms with E-state index in [1.54, 1.807) is 0 Å². The molecule has 124 valence electrons. The van der Waals surface area contributed by atoms with E-state index in [9.17, 15) is 14.9 Å². The quantitative estimate of drug-likeness (QED) is 0.518. The van der Waals surface area contributed by atoms with Crippen LogP contribution in [0.5, 0.6) is 0 Å². The van der Waals surface area contributed by atoms with Crippen LogP contribution in [0.15, 0.2) is 12.4 Å². The maximum absolute atomic E-state index is 12.1. The summed E-state index contributed by atoms with van der Waals surface area (Å²) in [5.74, 6) is -0.261. The van der Waals surface area contributed by atoms with Crippen LogP contribution < -0.4 is 10.6 Å². The molecule has 0 fully saturated rings. The third-order valence-corrected chi connectivity index (χ3v) is 3.48. The summed E-state index contributed by atoms with van der Waals surface area (Å²) in [5.41, 5.74) is 2.22. The summed E-state index contributed by atoms with van der Waals surface area (Å²) in [4.78, 5) is 22.2. The van der Waals surface area contributed by atoms with Crippen LogP contribution in [-0.4, -0.2) is 43.9 Å². The number of nitro groups is 1. The molecule has 0 saturated heterocycles. The summed E-state index contributed by atoms with van der Waals surface area (Å²) in [7, 11) is 0. The van der Waals surface area contributed by atoms with E-state index in [1.165, 1.54) is 17.1 Å². The zero-order valence-corrected chi connectivity index (χ0v) is 12.9. The molecule has 2 aromatic heterocycles. The molecule has 0 atom stereocenters. The van der Waals surface area contributed by atoms with Crippen molar-refractivity contribution < 1.29 is 9.72 Å². The molecule has 1 amide bonds. The van der Waals surface area contributed by atoms with E-state index >= 15 is 0 Å². The molecule has 2 aromatic rings. The van der Waals surface area contributed by atoms with Crippen LogP contribution in [0.1, 0.15) is 21.7 Å². The van der Waals surface area contributed by atoms with E-state index in [-0.39, 0.29) is 24.0 Å². The molecular weight excluding hydrogens is 326 g/mol. The minimum atomic E-state index is -0.509. The van der Waals surface area contributed by atoms with E-state index in [4.69, 9.17) is 0 Å². The molecule has 0 aliphatic carbocycles. The Kier molecular flexibility index (Phi) is 5.29. The van der Waals surface area contributed by atoms with Gasteiger partial charge in [0.2, 0.25) is 0 Å². The summed E-state index contributed by atoms with van der Waals surface area (Å²) in [6.45, 7) is 2.16. The lowest BCUT2D eigenvalue weighted by atomic mass is 10.1. The molecule has 0 spiro atoms. The van der Waals surface area contributed by atoms with Gasteiger partial charge in [0.25, 0.3) is 5.91 Å². The first-order chi connectivity index (χ1) is 10.6. The lowest BCUT2D eigenvalue weighted by Gasteiger charge is -2.12. The molecule has 3 rings (SSSR count). The highest BCUT2D eigenvalue weighted by molar-refractivity contribution is 5.94. The van der Waals surface area contributed by atoms with Gasteiger partial charge in [0.05, 0.1) is 11.5 Å². The number of hydrogen-bond acceptors (Lipinski definition) is 6. The van der Waals surface area contributed by atoms with Crippen molar-refractivity contribution in [2.45, 2.75) is 19.5 Å². The van der Waals surface area contributed by atoms with Gasteiger partial charge in [-0.05, 0) is 0 Å². The smallest absolute Gasteiger partial charge is 0.306 e. The molecule has 3 heterocycles. The number of rotatable bonds is 5. The maximum Gasteiger partial charge on any atom is 0.306 e. The van der Waals surface area contributed by atoms with Crippen LogP contribution >= 0.6 is 12.4 Å². The van der Waals surface area contributed by atoms with Gasteiger partial charge in [0.1, 0.15) is 12.4 Å². The predicted octanol–water partition coefficient (Wildman–Crippen LogP) is 0.0119. The molecular formula is C12H16ClN7O3. The van der Waals surface area contributed by atoms with E-state index in [2.05, 4.69) is 25.9 Å². The number of carbonyl (C=O) groups is 1. The SMILES string of the molecule is Cl.O=C(NCCn1cc([N+](=O)[O-])cn1)c1n[nH]c2c1CNCC2. The van der Waals surface area contributed by atoms with Crippen LogP contribution in [0, 0.1) is 10.1 Å². The second-order valence-electron chi connectivity index (χ2n) is 4.93.